The van der Waals surface area contributed by atoms with Crippen LogP contribution in [-0.4, -0.2) is 43.3 Å². The Morgan fingerprint density at radius 2 is 1.93 bits per heavy atom. The van der Waals surface area contributed by atoms with Crippen molar-refractivity contribution in [1.82, 2.24) is 25.3 Å². The van der Waals surface area contributed by atoms with Crippen molar-refractivity contribution in [3.8, 4) is 28.6 Å². The van der Waals surface area contributed by atoms with Gasteiger partial charge in [0.1, 0.15) is 11.9 Å². The highest BCUT2D eigenvalue weighted by Crippen LogP contribution is 2.31. The first-order valence-electron chi connectivity index (χ1n) is 9.75. The Bertz CT molecular complexity index is 973. The minimum Gasteiger partial charge on any atom is -0.507 e. The average molecular weight is 377 g/mol. The number of ether oxygens (including phenoxy) is 1. The SMILES string of the molecule is Cc1cnn(-c2ccc(-c3ccc(O[C@H]4C[C@H]5CC[C@@H](C4)N5)nn3)c(O)c2)c1. The van der Waals surface area contributed by atoms with Gasteiger partial charge in [0, 0.05) is 36.0 Å². The van der Waals surface area contributed by atoms with Crippen molar-refractivity contribution in [2.24, 2.45) is 0 Å². The van der Waals surface area contributed by atoms with Crippen LogP contribution in [0, 0.1) is 6.92 Å². The summed E-state index contributed by atoms with van der Waals surface area (Å²) in [5, 5.41) is 26.8. The fourth-order valence-corrected chi connectivity index (χ4v) is 4.23. The van der Waals surface area contributed by atoms with E-state index in [9.17, 15) is 5.11 Å². The van der Waals surface area contributed by atoms with Crippen LogP contribution in [0.1, 0.15) is 31.2 Å². The molecule has 1 aromatic carbocycles. The van der Waals surface area contributed by atoms with Gasteiger partial charge < -0.3 is 15.2 Å². The van der Waals surface area contributed by atoms with Crippen molar-refractivity contribution in [3.05, 3.63) is 48.3 Å². The average Bonchev–Trinajstić information content (AvgIpc) is 3.27. The van der Waals surface area contributed by atoms with Crippen molar-refractivity contribution < 1.29 is 9.84 Å². The lowest BCUT2D eigenvalue weighted by Gasteiger charge is -2.28. The molecule has 3 atom stereocenters. The third-order valence-corrected chi connectivity index (χ3v) is 5.59. The number of aromatic hydroxyl groups is 1. The zero-order chi connectivity index (χ0) is 19.1. The molecule has 0 spiro atoms. The van der Waals surface area contributed by atoms with Crippen LogP contribution >= 0.6 is 0 Å². The zero-order valence-electron chi connectivity index (χ0n) is 15.7. The van der Waals surface area contributed by atoms with E-state index in [0.717, 1.165) is 24.1 Å². The number of phenols is 1. The first-order valence-corrected chi connectivity index (χ1v) is 9.75. The number of phenolic OH excluding ortho intramolecular Hbond substituents is 1. The van der Waals surface area contributed by atoms with Gasteiger partial charge >= 0.3 is 0 Å². The summed E-state index contributed by atoms with van der Waals surface area (Å²) < 4.78 is 7.78. The van der Waals surface area contributed by atoms with Gasteiger partial charge in [-0.1, -0.05) is 0 Å². The van der Waals surface area contributed by atoms with Gasteiger partial charge in [-0.15, -0.1) is 10.2 Å². The second kappa shape index (κ2) is 6.91. The fourth-order valence-electron chi connectivity index (χ4n) is 4.23. The summed E-state index contributed by atoms with van der Waals surface area (Å²) in [4.78, 5) is 0. The maximum absolute atomic E-state index is 10.5. The van der Waals surface area contributed by atoms with Gasteiger partial charge in [-0.25, -0.2) is 4.68 Å². The summed E-state index contributed by atoms with van der Waals surface area (Å²) in [5.41, 5.74) is 3.10. The fraction of sp³-hybridized carbons (Fsp3) is 0.381. The molecule has 7 heteroatoms. The zero-order valence-corrected chi connectivity index (χ0v) is 15.7. The molecular formula is C21H23N5O2. The highest BCUT2D eigenvalue weighted by Gasteiger charge is 2.34. The summed E-state index contributed by atoms with van der Waals surface area (Å²) in [6, 6.07) is 10.2. The maximum Gasteiger partial charge on any atom is 0.233 e. The van der Waals surface area contributed by atoms with Crippen LogP contribution in [0.15, 0.2) is 42.7 Å². The Hall–Kier alpha value is -2.93. The molecule has 28 heavy (non-hydrogen) atoms. The molecule has 2 bridgehead atoms. The smallest absolute Gasteiger partial charge is 0.233 e. The lowest BCUT2D eigenvalue weighted by molar-refractivity contribution is 0.130. The normalized spacial score (nSPS) is 23.7. The van der Waals surface area contributed by atoms with Crippen molar-refractivity contribution in [1.29, 1.82) is 0 Å². The van der Waals surface area contributed by atoms with Crippen LogP contribution in [0.2, 0.25) is 0 Å². The predicted octanol–water partition coefficient (Wildman–Crippen LogP) is 3.01. The van der Waals surface area contributed by atoms with Crippen LogP contribution < -0.4 is 10.1 Å². The highest BCUT2D eigenvalue weighted by molar-refractivity contribution is 5.68. The Kier molecular flexibility index (Phi) is 4.24. The first kappa shape index (κ1) is 17.2. The third-order valence-electron chi connectivity index (χ3n) is 5.59. The molecule has 2 aliphatic heterocycles. The number of nitrogens with one attached hydrogen (secondary N) is 1. The van der Waals surface area contributed by atoms with Gasteiger partial charge in [-0.2, -0.15) is 5.10 Å². The van der Waals surface area contributed by atoms with Crippen LogP contribution in [0.4, 0.5) is 0 Å². The Labute approximate surface area is 163 Å². The monoisotopic (exact) mass is 377 g/mol. The van der Waals surface area contributed by atoms with E-state index in [2.05, 4.69) is 20.6 Å². The molecule has 0 aliphatic carbocycles. The lowest BCUT2D eigenvalue weighted by atomic mass is 10.0. The number of aryl methyl sites for hydroxylation is 1. The predicted molar refractivity (Wildman–Crippen MR) is 105 cm³/mol. The van der Waals surface area contributed by atoms with E-state index >= 15 is 0 Å². The largest absolute Gasteiger partial charge is 0.507 e. The lowest BCUT2D eigenvalue weighted by Crippen LogP contribution is -2.42. The summed E-state index contributed by atoms with van der Waals surface area (Å²) in [6.45, 7) is 1.98. The van der Waals surface area contributed by atoms with E-state index in [-0.39, 0.29) is 11.9 Å². The number of benzene rings is 1. The molecule has 2 aliphatic rings. The van der Waals surface area contributed by atoms with Crippen molar-refractivity contribution >= 4 is 0 Å². The number of hydrogen-bond donors (Lipinski definition) is 2. The van der Waals surface area contributed by atoms with Gasteiger partial charge in [-0.05, 0) is 56.4 Å². The summed E-state index contributed by atoms with van der Waals surface area (Å²) in [5.74, 6) is 0.682. The molecule has 7 nitrogen and oxygen atoms in total. The number of aromatic nitrogens is 4. The van der Waals surface area contributed by atoms with Gasteiger partial charge in [-0.3, -0.25) is 0 Å². The molecule has 5 rings (SSSR count). The van der Waals surface area contributed by atoms with Crippen LogP contribution in [0.3, 0.4) is 0 Å². The number of hydrogen-bond acceptors (Lipinski definition) is 6. The van der Waals surface area contributed by atoms with E-state index in [4.69, 9.17) is 4.74 Å². The molecule has 0 unspecified atom stereocenters. The number of fused-ring (bicyclic) bond motifs is 2. The second-order valence-corrected chi connectivity index (χ2v) is 7.77. The summed E-state index contributed by atoms with van der Waals surface area (Å²) in [6.07, 6.45) is 8.41. The molecule has 2 fully saturated rings. The minimum atomic E-state index is 0.142. The van der Waals surface area contributed by atoms with E-state index in [1.165, 1.54) is 12.8 Å². The molecule has 0 amide bonds. The highest BCUT2D eigenvalue weighted by atomic mass is 16.5. The number of nitrogens with zero attached hydrogens (tertiary/aromatic N) is 4. The van der Waals surface area contributed by atoms with Crippen molar-refractivity contribution in [2.75, 3.05) is 0 Å². The van der Waals surface area contributed by atoms with Crippen LogP contribution in [0.5, 0.6) is 11.6 Å². The van der Waals surface area contributed by atoms with E-state index < -0.39 is 0 Å². The Morgan fingerprint density at radius 1 is 1.11 bits per heavy atom. The van der Waals surface area contributed by atoms with Gasteiger partial charge in [0.25, 0.3) is 0 Å². The summed E-state index contributed by atoms with van der Waals surface area (Å²) in [7, 11) is 0. The van der Waals surface area contributed by atoms with E-state index in [1.54, 1.807) is 16.9 Å². The second-order valence-electron chi connectivity index (χ2n) is 7.77. The van der Waals surface area contributed by atoms with Gasteiger partial charge in [0.05, 0.1) is 17.6 Å². The summed E-state index contributed by atoms with van der Waals surface area (Å²) >= 11 is 0. The minimum absolute atomic E-state index is 0.142. The van der Waals surface area contributed by atoms with Gasteiger partial charge in [0.15, 0.2) is 0 Å². The topological polar surface area (TPSA) is 85.1 Å². The molecule has 144 valence electrons. The molecule has 4 heterocycles. The molecular weight excluding hydrogens is 354 g/mol. The van der Waals surface area contributed by atoms with Crippen molar-refractivity contribution in [3.63, 3.8) is 0 Å². The molecule has 2 N–H and O–H groups in total. The van der Waals surface area contributed by atoms with Gasteiger partial charge in [0.2, 0.25) is 5.88 Å². The Balaban J connectivity index is 1.31. The number of piperidine rings is 1. The molecule has 3 aromatic rings. The molecule has 0 radical (unpaired) electrons. The van der Waals surface area contributed by atoms with E-state index in [1.807, 2.05) is 37.4 Å². The quantitative estimate of drug-likeness (QED) is 0.727. The van der Waals surface area contributed by atoms with Crippen LogP contribution in [-0.2, 0) is 0 Å². The molecule has 0 saturated carbocycles. The van der Waals surface area contributed by atoms with Crippen molar-refractivity contribution in [2.45, 2.75) is 50.8 Å². The molecule has 2 saturated heterocycles. The number of rotatable bonds is 4. The van der Waals surface area contributed by atoms with Crippen LogP contribution in [0.25, 0.3) is 16.9 Å². The standard InChI is InChI=1S/C21H23N5O2/c1-13-11-22-26(12-13)16-4-5-18(20(27)10-16)19-6-7-21(25-24-19)28-17-8-14-2-3-15(9-17)23-14/h4-7,10-12,14-15,17,23,27H,2-3,8-9H2,1H3/t14-,15+,17+. The third kappa shape index (κ3) is 3.33. The Morgan fingerprint density at radius 3 is 2.57 bits per heavy atom. The molecule has 2 aromatic heterocycles. The first-order chi connectivity index (χ1) is 13.6. The maximum atomic E-state index is 10.5. The van der Waals surface area contributed by atoms with E-state index in [0.29, 0.717) is 29.2 Å².